The summed E-state index contributed by atoms with van der Waals surface area (Å²) in [7, 11) is 1.33. The van der Waals surface area contributed by atoms with Crippen molar-refractivity contribution in [3.05, 3.63) is 0 Å². The van der Waals surface area contributed by atoms with Crippen molar-refractivity contribution in [2.75, 3.05) is 39.3 Å². The fourth-order valence-electron chi connectivity index (χ4n) is 4.51. The van der Waals surface area contributed by atoms with Crippen molar-refractivity contribution in [1.82, 2.24) is 20.0 Å². The molecule has 1 aliphatic carbocycles. The molecule has 0 unspecified atom stereocenters. The summed E-state index contributed by atoms with van der Waals surface area (Å²) in [6.07, 6.45) is 5.76. The van der Waals surface area contributed by atoms with Crippen LogP contribution in [0.25, 0.3) is 0 Å². The van der Waals surface area contributed by atoms with Crippen LogP contribution in [0.2, 0.25) is 0 Å². The number of hydrogen-bond donors (Lipinski definition) is 1. The minimum atomic E-state index is -0.792. The first-order valence-electron chi connectivity index (χ1n) is 12.4. The van der Waals surface area contributed by atoms with E-state index >= 15 is 0 Å². The number of nitrogens with zero attached hydrogens (tertiary/aromatic N) is 3. The van der Waals surface area contributed by atoms with E-state index in [-0.39, 0.29) is 36.9 Å². The number of nitrogens with one attached hydrogen (secondary N) is 1. The summed E-state index contributed by atoms with van der Waals surface area (Å²) < 4.78 is 5.87. The van der Waals surface area contributed by atoms with E-state index in [0.717, 1.165) is 36.5 Å². The molecule has 1 atom stereocenters. The quantitative estimate of drug-likeness (QED) is 0.333. The number of carbonyl (C=O) groups is 3. The van der Waals surface area contributed by atoms with Crippen LogP contribution in [0.1, 0.15) is 66.2 Å². The monoisotopic (exact) mass is 514 g/mol. The first-order valence-corrected chi connectivity index (χ1v) is 13.8. The highest BCUT2D eigenvalue weighted by Crippen LogP contribution is 2.21. The zero-order chi connectivity index (χ0) is 25.3. The fraction of sp³-hybridized carbons (Fsp3) is 0.833. The van der Waals surface area contributed by atoms with Crippen LogP contribution in [0.5, 0.6) is 0 Å². The molecule has 0 aromatic rings. The lowest BCUT2D eigenvalue weighted by Gasteiger charge is -2.38. The maximum Gasteiger partial charge on any atom is 0.328 e. The van der Waals surface area contributed by atoms with Crippen molar-refractivity contribution in [3.8, 4) is 0 Å². The number of amides is 2. The summed E-state index contributed by atoms with van der Waals surface area (Å²) in [6.45, 7) is 9.61. The van der Waals surface area contributed by atoms with Gasteiger partial charge in [0.15, 0.2) is 0 Å². The van der Waals surface area contributed by atoms with Crippen LogP contribution in [0.4, 0.5) is 0 Å². The van der Waals surface area contributed by atoms with Crippen LogP contribution in [-0.4, -0.2) is 88.2 Å². The lowest BCUT2D eigenvalue weighted by Crippen LogP contribution is -2.55. The fourth-order valence-corrected chi connectivity index (χ4v) is 5.58. The van der Waals surface area contributed by atoms with Crippen LogP contribution < -0.4 is 5.32 Å². The van der Waals surface area contributed by atoms with Gasteiger partial charge in [-0.15, -0.1) is 0 Å². The number of methoxy groups -OCH3 is 1. The minimum absolute atomic E-state index is 0.118. The normalized spacial score (nSPS) is 18.8. The van der Waals surface area contributed by atoms with Crippen LogP contribution >= 0.6 is 24.0 Å². The van der Waals surface area contributed by atoms with Gasteiger partial charge in [0.05, 0.1) is 26.2 Å². The Morgan fingerprint density at radius 1 is 1.15 bits per heavy atom. The molecule has 34 heavy (non-hydrogen) atoms. The Balaban J connectivity index is 2.14. The summed E-state index contributed by atoms with van der Waals surface area (Å²) in [6, 6.07) is -0.649. The Hall–Kier alpha value is -1.39. The van der Waals surface area contributed by atoms with Crippen molar-refractivity contribution in [1.29, 1.82) is 0 Å². The van der Waals surface area contributed by atoms with Crippen molar-refractivity contribution in [3.63, 3.8) is 0 Å². The number of hydrogen-bond acceptors (Lipinski definition) is 7. The summed E-state index contributed by atoms with van der Waals surface area (Å²) in [5, 5.41) is 3.08. The highest BCUT2D eigenvalue weighted by Gasteiger charge is 2.35. The molecule has 1 saturated carbocycles. The second-order valence-corrected chi connectivity index (χ2v) is 11.8. The smallest absolute Gasteiger partial charge is 0.328 e. The molecule has 2 amide bonds. The van der Waals surface area contributed by atoms with Crippen LogP contribution in [-0.2, 0) is 19.1 Å². The molecule has 0 radical (unpaired) electrons. The highest BCUT2D eigenvalue weighted by atomic mass is 32.2. The maximum atomic E-state index is 13.5. The van der Waals surface area contributed by atoms with Gasteiger partial charge in [-0.25, -0.2) is 4.79 Å². The molecule has 2 fully saturated rings. The maximum absolute atomic E-state index is 13.5. The van der Waals surface area contributed by atoms with Gasteiger partial charge in [0.1, 0.15) is 16.9 Å². The molecule has 2 aliphatic rings. The van der Waals surface area contributed by atoms with Gasteiger partial charge in [0.2, 0.25) is 11.8 Å². The largest absolute Gasteiger partial charge is 0.467 e. The van der Waals surface area contributed by atoms with Gasteiger partial charge in [-0.05, 0) is 31.1 Å². The summed E-state index contributed by atoms with van der Waals surface area (Å²) in [5.41, 5.74) is 0. The molecule has 0 bridgehead atoms. The minimum Gasteiger partial charge on any atom is -0.467 e. The summed E-state index contributed by atoms with van der Waals surface area (Å²) in [5.74, 6) is 0.271. The molecule has 1 aliphatic heterocycles. The second-order valence-electron chi connectivity index (χ2n) is 10.2. The Morgan fingerprint density at radius 3 is 2.41 bits per heavy atom. The highest BCUT2D eigenvalue weighted by molar-refractivity contribution is 8.22. The number of thiocarbonyl (C=S) groups is 1. The van der Waals surface area contributed by atoms with Crippen molar-refractivity contribution in [2.24, 2.45) is 11.8 Å². The first kappa shape index (κ1) is 28.8. The molecule has 0 spiro atoms. The molecular weight excluding hydrogens is 472 g/mol. The Kier molecular flexibility index (Phi) is 12.1. The van der Waals surface area contributed by atoms with Gasteiger partial charge in [-0.2, -0.15) is 0 Å². The predicted molar refractivity (Wildman–Crippen MR) is 140 cm³/mol. The Labute approximate surface area is 214 Å². The van der Waals surface area contributed by atoms with Gasteiger partial charge in [-0.3, -0.25) is 14.5 Å². The number of esters is 1. The third-order valence-corrected chi connectivity index (χ3v) is 7.70. The van der Waals surface area contributed by atoms with E-state index in [2.05, 4.69) is 24.1 Å². The van der Waals surface area contributed by atoms with Crippen LogP contribution in [0.3, 0.4) is 0 Å². The van der Waals surface area contributed by atoms with E-state index in [0.29, 0.717) is 24.9 Å². The van der Waals surface area contributed by atoms with E-state index in [9.17, 15) is 14.4 Å². The third kappa shape index (κ3) is 9.34. The van der Waals surface area contributed by atoms with Crippen molar-refractivity contribution >= 4 is 46.1 Å². The molecule has 10 heteroatoms. The lowest BCUT2D eigenvalue weighted by molar-refractivity contribution is -0.155. The SMILES string of the molecule is COC(=O)[C@H](CC(C)C)N(CC(=O)NC1CCCCC1)C(=O)CN1CSC(=S)N(CC(C)C)C1. The zero-order valence-electron chi connectivity index (χ0n) is 21.4. The van der Waals surface area contributed by atoms with Crippen molar-refractivity contribution in [2.45, 2.75) is 78.3 Å². The molecule has 1 saturated heterocycles. The molecule has 8 nitrogen and oxygen atoms in total. The molecular formula is C24H42N4O4S2. The van der Waals surface area contributed by atoms with Gasteiger partial charge < -0.3 is 19.9 Å². The van der Waals surface area contributed by atoms with E-state index in [1.165, 1.54) is 30.2 Å². The standard InChI is InChI=1S/C24H42N4O4S2/c1-17(2)11-20(23(31)32-5)28(13-21(29)25-19-9-7-6-8-10-19)22(30)14-26-15-27(12-18(3)4)24(33)34-16-26/h17-20H,6-16H2,1-5H3,(H,25,29)/t20-/m0/s1. The van der Waals surface area contributed by atoms with Crippen LogP contribution in [0, 0.1) is 11.8 Å². The van der Waals surface area contributed by atoms with E-state index in [4.69, 9.17) is 17.0 Å². The Bertz CT molecular complexity index is 713. The molecule has 0 aromatic heterocycles. The number of rotatable bonds is 11. The average Bonchev–Trinajstić information content (AvgIpc) is 2.78. The van der Waals surface area contributed by atoms with Crippen molar-refractivity contribution < 1.29 is 19.1 Å². The molecule has 0 aromatic carbocycles. The van der Waals surface area contributed by atoms with Gasteiger partial charge in [0, 0.05) is 12.6 Å². The first-order chi connectivity index (χ1) is 16.1. The van der Waals surface area contributed by atoms with E-state index in [1.54, 1.807) is 0 Å². The predicted octanol–water partition coefficient (Wildman–Crippen LogP) is 3.06. The van der Waals surface area contributed by atoms with Gasteiger partial charge in [0.25, 0.3) is 0 Å². The molecule has 1 heterocycles. The van der Waals surface area contributed by atoms with Gasteiger partial charge >= 0.3 is 5.97 Å². The number of thioether (sulfide) groups is 1. The summed E-state index contributed by atoms with van der Waals surface area (Å²) in [4.78, 5) is 44.7. The number of carbonyl (C=O) groups excluding carboxylic acids is 3. The molecule has 2 rings (SSSR count). The van der Waals surface area contributed by atoms with E-state index < -0.39 is 12.0 Å². The summed E-state index contributed by atoms with van der Waals surface area (Å²) >= 11 is 7.03. The van der Waals surface area contributed by atoms with Gasteiger partial charge in [-0.1, -0.05) is 70.9 Å². The van der Waals surface area contributed by atoms with E-state index in [1.807, 2.05) is 18.7 Å². The second kappa shape index (κ2) is 14.2. The van der Waals surface area contributed by atoms with Crippen LogP contribution in [0.15, 0.2) is 0 Å². The zero-order valence-corrected chi connectivity index (χ0v) is 23.0. The lowest BCUT2D eigenvalue weighted by atomic mass is 9.95. The Morgan fingerprint density at radius 2 is 1.82 bits per heavy atom. The number of ether oxygens (including phenoxy) is 1. The average molecular weight is 515 g/mol. The molecule has 194 valence electrons. The molecule has 1 N–H and O–H groups in total. The third-order valence-electron chi connectivity index (χ3n) is 6.09. The topological polar surface area (TPSA) is 82.2 Å².